The van der Waals surface area contributed by atoms with Crippen LogP contribution in [0.25, 0.3) is 5.69 Å². The van der Waals surface area contributed by atoms with Crippen molar-refractivity contribution in [2.75, 3.05) is 19.8 Å². The van der Waals surface area contributed by atoms with E-state index in [4.69, 9.17) is 14.2 Å². The zero-order valence-electron chi connectivity index (χ0n) is 21.5. The van der Waals surface area contributed by atoms with Crippen molar-refractivity contribution in [3.63, 3.8) is 0 Å². The van der Waals surface area contributed by atoms with Gasteiger partial charge in [-0.05, 0) is 62.2 Å². The fraction of sp³-hybridized carbons (Fsp3) is 0.333. The number of aryl methyl sites for hydroxylation is 1. The average molecular weight is 545 g/mol. The zero-order chi connectivity index (χ0) is 27.6. The molecular weight excluding hydrogens is 515 g/mol. The minimum Gasteiger partial charge on any atom is -0.486 e. The minimum atomic E-state index is -4.12. The number of carbonyl (C=O) groups excluding carboxylic acids is 2. The van der Waals surface area contributed by atoms with E-state index in [1.165, 1.54) is 30.3 Å². The van der Waals surface area contributed by atoms with Gasteiger partial charge in [-0.25, -0.2) is 12.8 Å². The Hall–Kier alpha value is -3.70. The van der Waals surface area contributed by atoms with Crippen LogP contribution < -0.4 is 14.2 Å². The largest absolute Gasteiger partial charge is 0.486 e. The van der Waals surface area contributed by atoms with Gasteiger partial charge in [-0.3, -0.25) is 9.59 Å². The van der Waals surface area contributed by atoms with Gasteiger partial charge in [0.05, 0.1) is 4.90 Å². The number of nitrogens with zero attached hydrogens (tertiary/aromatic N) is 1. The first-order valence-corrected chi connectivity index (χ1v) is 13.5. The third-order valence-electron chi connectivity index (χ3n) is 6.19. The number of Topliss-reactive ketones (excluding diaryl/α,β-unsaturated/α-hetero) is 1. The van der Waals surface area contributed by atoms with E-state index in [9.17, 15) is 22.4 Å². The molecule has 1 aliphatic heterocycles. The molecule has 38 heavy (non-hydrogen) atoms. The SMILES string of the molecule is Cc1cc(C(=O)COC(=O)[C@@H](NS(=O)(=O)c2ccc3c(c2)OCCO3)C(C)C)c(C)n1-c1ccc(F)cc1. The van der Waals surface area contributed by atoms with E-state index in [-0.39, 0.29) is 10.7 Å². The van der Waals surface area contributed by atoms with Crippen LogP contribution in [0.5, 0.6) is 11.5 Å². The molecule has 0 saturated heterocycles. The Morgan fingerprint density at radius 1 is 1.03 bits per heavy atom. The molecule has 0 fully saturated rings. The third kappa shape index (κ3) is 5.73. The van der Waals surface area contributed by atoms with Crippen molar-refractivity contribution in [1.29, 1.82) is 0 Å². The number of fused-ring (bicyclic) bond motifs is 1. The maximum Gasteiger partial charge on any atom is 0.324 e. The van der Waals surface area contributed by atoms with Crippen LogP contribution in [0.15, 0.2) is 53.4 Å². The van der Waals surface area contributed by atoms with E-state index < -0.39 is 40.3 Å². The van der Waals surface area contributed by atoms with Crippen LogP contribution in [-0.2, 0) is 19.6 Å². The second-order valence-corrected chi connectivity index (χ2v) is 11.0. The molecule has 4 rings (SSSR count). The molecule has 0 saturated carbocycles. The first-order chi connectivity index (χ1) is 18.0. The predicted octanol–water partition coefficient (Wildman–Crippen LogP) is 3.73. The molecule has 2 heterocycles. The number of sulfonamides is 1. The first-order valence-electron chi connectivity index (χ1n) is 12.0. The maximum absolute atomic E-state index is 13.3. The van der Waals surface area contributed by atoms with E-state index in [1.54, 1.807) is 50.5 Å². The van der Waals surface area contributed by atoms with E-state index in [2.05, 4.69) is 4.72 Å². The molecule has 1 aliphatic rings. The van der Waals surface area contributed by atoms with Gasteiger partial charge in [-0.2, -0.15) is 4.72 Å². The van der Waals surface area contributed by atoms with Crippen molar-refractivity contribution in [2.45, 2.75) is 38.6 Å². The number of hydrogen-bond donors (Lipinski definition) is 1. The summed E-state index contributed by atoms with van der Waals surface area (Å²) in [6, 6.07) is 10.5. The Labute approximate surface area is 220 Å². The van der Waals surface area contributed by atoms with Gasteiger partial charge in [0.25, 0.3) is 0 Å². The normalized spacial score (nSPS) is 13.8. The van der Waals surface area contributed by atoms with Gasteiger partial charge in [0.1, 0.15) is 25.1 Å². The standard InChI is InChI=1S/C27H29FN2O7S/c1-16(2)26(29-38(33,34)21-9-10-24-25(14-21)36-12-11-35-24)27(32)37-15-23(31)22-13-17(3)30(18(22)4)20-7-5-19(28)6-8-20/h5-10,13-14,16,26,29H,11-12,15H2,1-4H3/t26-/m0/s1. The fourth-order valence-electron chi connectivity index (χ4n) is 4.22. The van der Waals surface area contributed by atoms with Crippen LogP contribution in [0.4, 0.5) is 4.39 Å². The number of aromatic nitrogens is 1. The van der Waals surface area contributed by atoms with Crippen LogP contribution in [0.1, 0.15) is 35.6 Å². The van der Waals surface area contributed by atoms with Crippen molar-refractivity contribution in [3.05, 3.63) is 71.3 Å². The van der Waals surface area contributed by atoms with Crippen molar-refractivity contribution >= 4 is 21.8 Å². The van der Waals surface area contributed by atoms with E-state index in [0.29, 0.717) is 41.7 Å². The summed E-state index contributed by atoms with van der Waals surface area (Å²) in [5.74, 6) is -1.42. The Bertz CT molecular complexity index is 1460. The Kier molecular flexibility index (Phi) is 7.89. The van der Waals surface area contributed by atoms with E-state index >= 15 is 0 Å². The molecule has 1 atom stereocenters. The molecule has 11 heteroatoms. The van der Waals surface area contributed by atoms with Crippen LogP contribution in [0.2, 0.25) is 0 Å². The molecule has 3 aromatic rings. The number of carbonyl (C=O) groups is 2. The molecule has 0 spiro atoms. The van der Waals surface area contributed by atoms with Crippen LogP contribution in [0, 0.1) is 25.6 Å². The summed E-state index contributed by atoms with van der Waals surface area (Å²) in [6.45, 7) is 6.97. The molecule has 1 N–H and O–H groups in total. The lowest BCUT2D eigenvalue weighted by molar-refractivity contribution is -0.145. The highest BCUT2D eigenvalue weighted by Crippen LogP contribution is 2.32. The topological polar surface area (TPSA) is 113 Å². The molecule has 202 valence electrons. The number of benzene rings is 2. The molecule has 0 amide bonds. The molecule has 0 unspecified atom stereocenters. The van der Waals surface area contributed by atoms with Gasteiger partial charge < -0.3 is 18.8 Å². The highest BCUT2D eigenvalue weighted by Gasteiger charge is 2.31. The number of esters is 1. The number of ketones is 1. The maximum atomic E-state index is 13.3. The van der Waals surface area contributed by atoms with Crippen molar-refractivity contribution in [2.24, 2.45) is 5.92 Å². The smallest absolute Gasteiger partial charge is 0.324 e. The van der Waals surface area contributed by atoms with Crippen molar-refractivity contribution in [1.82, 2.24) is 9.29 Å². The van der Waals surface area contributed by atoms with Gasteiger partial charge in [-0.15, -0.1) is 0 Å². The van der Waals surface area contributed by atoms with Gasteiger partial charge >= 0.3 is 5.97 Å². The quantitative estimate of drug-likeness (QED) is 0.323. The van der Waals surface area contributed by atoms with Crippen molar-refractivity contribution < 1.29 is 36.6 Å². The molecule has 1 aromatic heterocycles. The lowest BCUT2D eigenvalue weighted by atomic mass is 10.1. The second kappa shape index (κ2) is 11.0. The summed E-state index contributed by atoms with van der Waals surface area (Å²) >= 11 is 0. The van der Waals surface area contributed by atoms with Gasteiger partial charge in [-0.1, -0.05) is 13.8 Å². The number of nitrogens with one attached hydrogen (secondary N) is 1. The van der Waals surface area contributed by atoms with Crippen LogP contribution >= 0.6 is 0 Å². The second-order valence-electron chi connectivity index (χ2n) is 9.28. The molecule has 9 nitrogen and oxygen atoms in total. The molecule has 2 aromatic carbocycles. The van der Waals surface area contributed by atoms with Crippen LogP contribution in [-0.4, -0.2) is 50.6 Å². The summed E-state index contributed by atoms with van der Waals surface area (Å²) in [5, 5.41) is 0. The lowest BCUT2D eigenvalue weighted by Crippen LogP contribution is -2.45. The summed E-state index contributed by atoms with van der Waals surface area (Å²) in [5.41, 5.74) is 2.38. The first kappa shape index (κ1) is 27.3. The zero-order valence-corrected chi connectivity index (χ0v) is 22.3. The summed E-state index contributed by atoms with van der Waals surface area (Å²) < 4.78 is 59.7. The molecule has 0 bridgehead atoms. The number of ether oxygens (including phenoxy) is 3. The van der Waals surface area contributed by atoms with E-state index in [1.807, 2.05) is 0 Å². The third-order valence-corrected chi connectivity index (χ3v) is 7.63. The highest BCUT2D eigenvalue weighted by atomic mass is 32.2. The Morgan fingerprint density at radius 2 is 1.68 bits per heavy atom. The van der Waals surface area contributed by atoms with E-state index in [0.717, 1.165) is 5.69 Å². The summed E-state index contributed by atoms with van der Waals surface area (Å²) in [7, 11) is -4.12. The summed E-state index contributed by atoms with van der Waals surface area (Å²) in [6.07, 6.45) is 0. The summed E-state index contributed by atoms with van der Waals surface area (Å²) in [4.78, 5) is 25.7. The highest BCUT2D eigenvalue weighted by molar-refractivity contribution is 7.89. The number of halogens is 1. The Balaban J connectivity index is 1.46. The van der Waals surface area contributed by atoms with Gasteiger partial charge in [0, 0.05) is 28.7 Å². The predicted molar refractivity (Wildman–Crippen MR) is 137 cm³/mol. The molecule has 0 aliphatic carbocycles. The van der Waals surface area contributed by atoms with Crippen LogP contribution in [0.3, 0.4) is 0 Å². The van der Waals surface area contributed by atoms with Crippen molar-refractivity contribution in [3.8, 4) is 17.2 Å². The minimum absolute atomic E-state index is 0.0930. The Morgan fingerprint density at radius 3 is 2.34 bits per heavy atom. The molecule has 0 radical (unpaired) electrons. The number of rotatable bonds is 9. The molecular formula is C27H29FN2O7S. The lowest BCUT2D eigenvalue weighted by Gasteiger charge is -2.22. The fourth-order valence-corrected chi connectivity index (χ4v) is 5.57. The average Bonchev–Trinajstić information content (AvgIpc) is 3.19. The van der Waals surface area contributed by atoms with Gasteiger partial charge in [0.2, 0.25) is 15.8 Å². The monoisotopic (exact) mass is 544 g/mol. The number of hydrogen-bond acceptors (Lipinski definition) is 7. The van der Waals surface area contributed by atoms with Gasteiger partial charge in [0.15, 0.2) is 18.1 Å².